The molecule has 0 radical (unpaired) electrons. The fraction of sp³-hybridized carbons (Fsp3) is 0.526. The predicted molar refractivity (Wildman–Crippen MR) is 175 cm³/mol. The number of hydrogen-bond donors (Lipinski definition) is 1. The second kappa shape index (κ2) is 12.8. The molecule has 0 heterocycles. The van der Waals surface area contributed by atoms with Crippen molar-refractivity contribution in [2.24, 2.45) is 33.5 Å². The van der Waals surface area contributed by atoms with Crippen LogP contribution in [-0.2, 0) is 0 Å². The van der Waals surface area contributed by atoms with E-state index in [4.69, 9.17) is 0 Å². The average molecular weight is 528 g/mol. The van der Waals surface area contributed by atoms with Crippen molar-refractivity contribution in [3.05, 3.63) is 109 Å². The van der Waals surface area contributed by atoms with Crippen LogP contribution in [0.25, 0.3) is 0 Å². The highest BCUT2D eigenvalue weighted by atomic mass is 14.8. The lowest BCUT2D eigenvalue weighted by atomic mass is 9.52. The first-order valence-corrected chi connectivity index (χ1v) is 15.1. The second-order valence-corrected chi connectivity index (χ2v) is 13.1. The Kier molecular flexibility index (Phi) is 10.7. The molecular weight excluding hydrogens is 470 g/mol. The van der Waals surface area contributed by atoms with Crippen LogP contribution in [0.3, 0.4) is 0 Å². The van der Waals surface area contributed by atoms with E-state index in [0.717, 1.165) is 31.4 Å². The molecular formula is C38H57N. The van der Waals surface area contributed by atoms with Crippen LogP contribution in [0.5, 0.6) is 0 Å². The van der Waals surface area contributed by atoms with Crippen LogP contribution in [0, 0.1) is 33.5 Å². The average Bonchev–Trinajstić information content (AvgIpc) is 2.97. The van der Waals surface area contributed by atoms with Crippen molar-refractivity contribution in [3.63, 3.8) is 0 Å². The SMILES string of the molecule is C=C/C=C\C=C(\C(=C)CC)C(C=CCC)(C(C)CC)C1C/C=C\C(NC=C)=C\C2=C1C(C)(C)C(C)(C)C2(C)C. The molecule has 1 N–H and O–H groups in total. The number of rotatable bonds is 12. The molecule has 0 fully saturated rings. The second-order valence-electron chi connectivity index (χ2n) is 13.1. The maximum Gasteiger partial charge on any atom is 0.0379 e. The van der Waals surface area contributed by atoms with E-state index in [1.807, 2.05) is 12.2 Å². The van der Waals surface area contributed by atoms with Gasteiger partial charge in [-0.2, -0.15) is 0 Å². The molecule has 0 spiro atoms. The molecule has 214 valence electrons. The molecule has 1 nitrogen and oxygen atoms in total. The summed E-state index contributed by atoms with van der Waals surface area (Å²) in [5.74, 6) is 0.696. The first-order chi connectivity index (χ1) is 18.3. The van der Waals surface area contributed by atoms with Crippen molar-refractivity contribution in [1.29, 1.82) is 0 Å². The van der Waals surface area contributed by atoms with E-state index in [2.05, 4.69) is 137 Å². The fourth-order valence-corrected chi connectivity index (χ4v) is 7.11. The monoisotopic (exact) mass is 527 g/mol. The first kappa shape index (κ1) is 32.7. The molecule has 0 saturated heterocycles. The van der Waals surface area contributed by atoms with E-state index in [9.17, 15) is 0 Å². The molecule has 2 aliphatic rings. The highest BCUT2D eigenvalue weighted by molar-refractivity contribution is 5.53. The topological polar surface area (TPSA) is 12.0 Å². The van der Waals surface area contributed by atoms with Crippen LogP contribution in [0.1, 0.15) is 94.9 Å². The Labute approximate surface area is 242 Å². The Hall–Kier alpha value is -2.54. The molecule has 0 aromatic heterocycles. The van der Waals surface area contributed by atoms with Gasteiger partial charge in [-0.05, 0) is 76.8 Å². The Morgan fingerprint density at radius 2 is 1.74 bits per heavy atom. The van der Waals surface area contributed by atoms with E-state index in [-0.39, 0.29) is 27.6 Å². The van der Waals surface area contributed by atoms with Crippen molar-refractivity contribution in [3.8, 4) is 0 Å². The number of allylic oxidation sites excluding steroid dienone is 13. The van der Waals surface area contributed by atoms with Crippen LogP contribution in [0.15, 0.2) is 109 Å². The van der Waals surface area contributed by atoms with Gasteiger partial charge >= 0.3 is 0 Å². The maximum atomic E-state index is 4.67. The third-order valence-corrected chi connectivity index (χ3v) is 10.8. The van der Waals surface area contributed by atoms with Crippen molar-refractivity contribution >= 4 is 0 Å². The fourth-order valence-electron chi connectivity index (χ4n) is 7.11. The highest BCUT2D eigenvalue weighted by Crippen LogP contribution is 2.70. The van der Waals surface area contributed by atoms with Gasteiger partial charge in [0.15, 0.2) is 0 Å². The molecule has 3 unspecified atom stereocenters. The summed E-state index contributed by atoms with van der Waals surface area (Å²) < 4.78 is 0. The van der Waals surface area contributed by atoms with Crippen molar-refractivity contribution in [1.82, 2.24) is 5.32 Å². The zero-order chi connectivity index (χ0) is 29.6. The summed E-state index contributed by atoms with van der Waals surface area (Å²) in [7, 11) is 0. The minimum Gasteiger partial charge on any atom is -0.362 e. The van der Waals surface area contributed by atoms with Crippen LogP contribution in [-0.4, -0.2) is 0 Å². The minimum atomic E-state index is -0.209. The van der Waals surface area contributed by atoms with E-state index in [0.29, 0.717) is 5.92 Å². The Bertz CT molecular complexity index is 1110. The van der Waals surface area contributed by atoms with Gasteiger partial charge < -0.3 is 5.32 Å². The van der Waals surface area contributed by atoms with Gasteiger partial charge in [-0.25, -0.2) is 0 Å². The van der Waals surface area contributed by atoms with Gasteiger partial charge in [-0.15, -0.1) is 0 Å². The van der Waals surface area contributed by atoms with Crippen LogP contribution < -0.4 is 5.32 Å². The lowest BCUT2D eigenvalue weighted by Gasteiger charge is -2.51. The third kappa shape index (κ3) is 5.57. The number of hydrogen-bond acceptors (Lipinski definition) is 1. The highest BCUT2D eigenvalue weighted by Gasteiger charge is 2.61. The largest absolute Gasteiger partial charge is 0.362 e. The summed E-state index contributed by atoms with van der Waals surface area (Å²) >= 11 is 0. The third-order valence-electron chi connectivity index (χ3n) is 10.8. The van der Waals surface area contributed by atoms with Crippen molar-refractivity contribution < 1.29 is 0 Å². The summed E-state index contributed by atoms with van der Waals surface area (Å²) in [5.41, 5.74) is 6.55. The predicted octanol–water partition coefficient (Wildman–Crippen LogP) is 11.2. The Morgan fingerprint density at radius 3 is 2.28 bits per heavy atom. The van der Waals surface area contributed by atoms with Gasteiger partial charge in [0.2, 0.25) is 0 Å². The normalized spacial score (nSPS) is 26.7. The molecule has 0 aromatic rings. The van der Waals surface area contributed by atoms with E-state index in [1.165, 1.54) is 16.7 Å². The molecule has 1 heteroatoms. The molecule has 0 amide bonds. The Morgan fingerprint density at radius 1 is 1.08 bits per heavy atom. The number of nitrogens with one attached hydrogen (secondary N) is 1. The summed E-state index contributed by atoms with van der Waals surface area (Å²) in [6, 6.07) is 0. The van der Waals surface area contributed by atoms with Gasteiger partial charge in [0.05, 0.1) is 0 Å². The molecule has 2 rings (SSSR count). The van der Waals surface area contributed by atoms with Gasteiger partial charge in [0.25, 0.3) is 0 Å². The Balaban J connectivity index is 3.20. The van der Waals surface area contributed by atoms with Crippen LogP contribution in [0.4, 0.5) is 0 Å². The minimum absolute atomic E-state index is 0.0204. The van der Waals surface area contributed by atoms with Gasteiger partial charge in [-0.1, -0.05) is 149 Å². The van der Waals surface area contributed by atoms with E-state index < -0.39 is 0 Å². The van der Waals surface area contributed by atoms with E-state index in [1.54, 1.807) is 11.8 Å². The first-order valence-electron chi connectivity index (χ1n) is 15.1. The van der Waals surface area contributed by atoms with Crippen molar-refractivity contribution in [2.75, 3.05) is 0 Å². The van der Waals surface area contributed by atoms with Crippen LogP contribution in [0.2, 0.25) is 0 Å². The summed E-state index contributed by atoms with van der Waals surface area (Å²) in [4.78, 5) is 0. The molecule has 0 aliphatic heterocycles. The summed E-state index contributed by atoms with van der Waals surface area (Å²) in [5, 5.41) is 3.41. The maximum absolute atomic E-state index is 4.67. The zero-order valence-electron chi connectivity index (χ0n) is 26.9. The van der Waals surface area contributed by atoms with Crippen molar-refractivity contribution in [2.45, 2.75) is 94.9 Å². The lowest BCUT2D eigenvalue weighted by molar-refractivity contribution is 0.0513. The lowest BCUT2D eigenvalue weighted by Crippen LogP contribution is -2.44. The molecule has 0 aromatic carbocycles. The van der Waals surface area contributed by atoms with Gasteiger partial charge in [0, 0.05) is 11.1 Å². The summed E-state index contributed by atoms with van der Waals surface area (Å²) in [6.45, 7) is 36.7. The molecule has 2 aliphatic carbocycles. The molecule has 0 saturated carbocycles. The van der Waals surface area contributed by atoms with Gasteiger partial charge in [0.1, 0.15) is 0 Å². The zero-order valence-corrected chi connectivity index (χ0v) is 26.9. The van der Waals surface area contributed by atoms with Crippen LogP contribution >= 0.6 is 0 Å². The smallest absolute Gasteiger partial charge is 0.0379 e. The summed E-state index contributed by atoms with van der Waals surface area (Å²) in [6.07, 6.45) is 26.2. The molecule has 3 atom stereocenters. The standard InChI is InChI=1S/C38H57N/c1-14-19-21-24-31(28(6)16-3)38(26-20-15-2,29(7)17-4)32-25-22-23-30(39-18-5)27-33-34(32)36(10,11)37(12,13)35(33,8)9/h14,18-24,26-27,29,32,39H,1,5-6,15-17,25H2,2-4,7-13H3/b21-19-,23-22-,26-20?,30-27-,31-24-. The molecule has 0 bridgehead atoms. The quantitative estimate of drug-likeness (QED) is 0.196. The molecule has 39 heavy (non-hydrogen) atoms. The van der Waals surface area contributed by atoms with Gasteiger partial charge in [-0.3, -0.25) is 0 Å². The van der Waals surface area contributed by atoms with E-state index >= 15 is 0 Å².